The summed E-state index contributed by atoms with van der Waals surface area (Å²) < 4.78 is 5.52. The molecule has 3 nitrogen and oxygen atoms in total. The van der Waals surface area contributed by atoms with E-state index in [1.165, 1.54) is 45.1 Å². The van der Waals surface area contributed by atoms with Crippen molar-refractivity contribution in [1.29, 1.82) is 0 Å². The number of rotatable bonds is 3. The van der Waals surface area contributed by atoms with E-state index in [1.807, 2.05) is 0 Å². The molecule has 0 spiro atoms. The molecule has 3 heteroatoms. The van der Waals surface area contributed by atoms with E-state index in [-0.39, 0.29) is 12.6 Å². The van der Waals surface area contributed by atoms with Crippen LogP contribution in [0.2, 0.25) is 0 Å². The molecule has 1 aliphatic heterocycles. The van der Waals surface area contributed by atoms with Gasteiger partial charge in [0.05, 0.1) is 25.9 Å². The summed E-state index contributed by atoms with van der Waals surface area (Å²) >= 11 is 0. The highest BCUT2D eigenvalue weighted by atomic mass is 16.5. The van der Waals surface area contributed by atoms with Gasteiger partial charge in [-0.25, -0.2) is 0 Å². The zero-order valence-corrected chi connectivity index (χ0v) is 11.9. The summed E-state index contributed by atoms with van der Waals surface area (Å²) in [6.45, 7) is 4.08. The highest BCUT2D eigenvalue weighted by molar-refractivity contribution is 5.03. The lowest BCUT2D eigenvalue weighted by molar-refractivity contribution is -0.100. The monoisotopic (exact) mass is 265 g/mol. The van der Waals surface area contributed by atoms with Gasteiger partial charge in [-0.1, -0.05) is 0 Å². The van der Waals surface area contributed by atoms with Crippen molar-refractivity contribution < 1.29 is 9.84 Å². The minimum atomic E-state index is 0.252. The molecule has 0 radical (unpaired) electrons. The summed E-state index contributed by atoms with van der Waals surface area (Å²) in [5, 5.41) is 9.55. The molecule has 0 aromatic carbocycles. The molecule has 1 N–H and O–H groups in total. The van der Waals surface area contributed by atoms with Gasteiger partial charge >= 0.3 is 0 Å². The van der Waals surface area contributed by atoms with Crippen LogP contribution in [0.5, 0.6) is 0 Å². The smallest absolute Gasteiger partial charge is 0.0644 e. The van der Waals surface area contributed by atoms with Crippen molar-refractivity contribution in [3.8, 4) is 0 Å². The van der Waals surface area contributed by atoms with E-state index in [2.05, 4.69) is 4.90 Å². The SMILES string of the molecule is OCC1COCCN1CC12CC3CC(CC(C3)C1)C2. The van der Waals surface area contributed by atoms with Gasteiger partial charge in [0.15, 0.2) is 0 Å². The molecule has 0 aromatic heterocycles. The molecule has 4 aliphatic carbocycles. The van der Waals surface area contributed by atoms with Crippen molar-refractivity contribution in [2.45, 2.75) is 44.6 Å². The Morgan fingerprint density at radius 3 is 2.26 bits per heavy atom. The van der Waals surface area contributed by atoms with Crippen molar-refractivity contribution in [3.05, 3.63) is 0 Å². The topological polar surface area (TPSA) is 32.7 Å². The Bertz CT molecular complexity index is 308. The van der Waals surface area contributed by atoms with E-state index in [9.17, 15) is 5.11 Å². The average Bonchev–Trinajstić information content (AvgIpc) is 2.37. The molecule has 1 saturated heterocycles. The zero-order valence-electron chi connectivity index (χ0n) is 11.9. The summed E-state index contributed by atoms with van der Waals surface area (Å²) in [6, 6.07) is 0.252. The van der Waals surface area contributed by atoms with Crippen LogP contribution in [-0.4, -0.2) is 49.0 Å². The number of morpholine rings is 1. The molecule has 1 atom stereocenters. The Kier molecular flexibility index (Phi) is 3.13. The second kappa shape index (κ2) is 4.71. The molecular formula is C16H27NO2. The maximum atomic E-state index is 9.55. The standard InChI is InChI=1S/C16H27NO2/c18-9-15-10-19-2-1-17(15)11-16-6-12-3-13(7-16)5-14(4-12)8-16/h12-15,18H,1-11H2. The Balaban J connectivity index is 1.49. The largest absolute Gasteiger partial charge is 0.395 e. The minimum absolute atomic E-state index is 0.252. The van der Waals surface area contributed by atoms with Gasteiger partial charge in [0.2, 0.25) is 0 Å². The van der Waals surface area contributed by atoms with Crippen LogP contribution in [0, 0.1) is 23.2 Å². The van der Waals surface area contributed by atoms with E-state index >= 15 is 0 Å². The number of hydrogen-bond acceptors (Lipinski definition) is 3. The lowest BCUT2D eigenvalue weighted by Crippen LogP contribution is -2.56. The third-order valence-corrected chi connectivity index (χ3v) is 6.26. The summed E-state index contributed by atoms with van der Waals surface area (Å²) in [7, 11) is 0. The molecule has 4 bridgehead atoms. The van der Waals surface area contributed by atoms with Crippen LogP contribution in [0.1, 0.15) is 38.5 Å². The summed E-state index contributed by atoms with van der Waals surface area (Å²) in [4.78, 5) is 2.54. The van der Waals surface area contributed by atoms with Crippen LogP contribution in [0.15, 0.2) is 0 Å². The van der Waals surface area contributed by atoms with Gasteiger partial charge in [-0.05, 0) is 61.7 Å². The first-order valence-electron chi connectivity index (χ1n) is 8.19. The van der Waals surface area contributed by atoms with Gasteiger partial charge < -0.3 is 9.84 Å². The van der Waals surface area contributed by atoms with E-state index < -0.39 is 0 Å². The highest BCUT2D eigenvalue weighted by Crippen LogP contribution is 2.60. The minimum Gasteiger partial charge on any atom is -0.395 e. The molecule has 0 amide bonds. The molecule has 5 fully saturated rings. The van der Waals surface area contributed by atoms with E-state index in [0.717, 1.165) is 37.5 Å². The molecular weight excluding hydrogens is 238 g/mol. The van der Waals surface area contributed by atoms with Gasteiger partial charge in [-0.3, -0.25) is 4.90 Å². The maximum Gasteiger partial charge on any atom is 0.0644 e. The fourth-order valence-corrected chi connectivity index (χ4v) is 5.98. The second-order valence-electron chi connectivity index (χ2n) is 7.80. The predicted octanol–water partition coefficient (Wildman–Crippen LogP) is 1.90. The second-order valence-corrected chi connectivity index (χ2v) is 7.80. The summed E-state index contributed by atoms with van der Waals surface area (Å²) in [5.74, 6) is 3.08. The number of hydrogen-bond donors (Lipinski definition) is 1. The molecule has 19 heavy (non-hydrogen) atoms. The van der Waals surface area contributed by atoms with Crippen LogP contribution in [-0.2, 0) is 4.74 Å². The Labute approximate surface area is 116 Å². The van der Waals surface area contributed by atoms with Crippen molar-refractivity contribution in [2.24, 2.45) is 23.2 Å². The normalized spacial score (nSPS) is 49.7. The lowest BCUT2D eigenvalue weighted by atomic mass is 9.49. The Morgan fingerprint density at radius 1 is 1.05 bits per heavy atom. The van der Waals surface area contributed by atoms with Crippen LogP contribution >= 0.6 is 0 Å². The van der Waals surface area contributed by atoms with Crippen LogP contribution in [0.3, 0.4) is 0 Å². The van der Waals surface area contributed by atoms with Gasteiger partial charge in [-0.2, -0.15) is 0 Å². The van der Waals surface area contributed by atoms with Gasteiger partial charge in [0.1, 0.15) is 0 Å². The predicted molar refractivity (Wildman–Crippen MR) is 73.9 cm³/mol. The number of ether oxygens (including phenoxy) is 1. The van der Waals surface area contributed by atoms with Crippen molar-refractivity contribution in [2.75, 3.05) is 32.9 Å². The van der Waals surface area contributed by atoms with Gasteiger partial charge in [0, 0.05) is 13.1 Å². The first-order valence-corrected chi connectivity index (χ1v) is 8.19. The fourth-order valence-electron chi connectivity index (χ4n) is 5.98. The highest BCUT2D eigenvalue weighted by Gasteiger charge is 2.51. The first kappa shape index (κ1) is 12.6. The van der Waals surface area contributed by atoms with Crippen LogP contribution in [0.4, 0.5) is 0 Å². The number of nitrogens with zero attached hydrogens (tertiary/aromatic N) is 1. The number of aliphatic hydroxyl groups excluding tert-OH is 1. The third kappa shape index (κ3) is 2.24. The quantitative estimate of drug-likeness (QED) is 0.846. The summed E-state index contributed by atoms with van der Waals surface area (Å²) in [5.41, 5.74) is 0.597. The fraction of sp³-hybridized carbons (Fsp3) is 1.00. The molecule has 1 heterocycles. The van der Waals surface area contributed by atoms with Gasteiger partial charge in [0.25, 0.3) is 0 Å². The van der Waals surface area contributed by atoms with Crippen molar-refractivity contribution >= 4 is 0 Å². The van der Waals surface area contributed by atoms with Crippen molar-refractivity contribution in [1.82, 2.24) is 4.90 Å². The zero-order chi connectivity index (χ0) is 12.9. The molecule has 1 unspecified atom stereocenters. The molecule has 0 aromatic rings. The number of aliphatic hydroxyl groups is 1. The van der Waals surface area contributed by atoms with Crippen LogP contribution < -0.4 is 0 Å². The molecule has 5 aliphatic rings. The molecule has 5 rings (SSSR count). The third-order valence-electron chi connectivity index (χ3n) is 6.26. The average molecular weight is 265 g/mol. The molecule has 108 valence electrons. The van der Waals surface area contributed by atoms with E-state index in [4.69, 9.17) is 4.74 Å². The molecule has 4 saturated carbocycles. The first-order chi connectivity index (χ1) is 9.26. The Morgan fingerprint density at radius 2 is 1.68 bits per heavy atom. The summed E-state index contributed by atoms with van der Waals surface area (Å²) in [6.07, 6.45) is 8.96. The maximum absolute atomic E-state index is 9.55. The lowest BCUT2D eigenvalue weighted by Gasteiger charge is -2.58. The Hall–Kier alpha value is -0.120. The van der Waals surface area contributed by atoms with E-state index in [0.29, 0.717) is 5.41 Å². The van der Waals surface area contributed by atoms with Gasteiger partial charge in [-0.15, -0.1) is 0 Å². The van der Waals surface area contributed by atoms with Crippen molar-refractivity contribution in [3.63, 3.8) is 0 Å². The van der Waals surface area contributed by atoms with E-state index in [1.54, 1.807) is 0 Å². The van der Waals surface area contributed by atoms with Crippen LogP contribution in [0.25, 0.3) is 0 Å².